The van der Waals surface area contributed by atoms with E-state index in [0.717, 1.165) is 16.4 Å². The number of carbonyl (C=O) groups is 2. The molecule has 0 radical (unpaired) electrons. The number of para-hydroxylation sites is 1. The van der Waals surface area contributed by atoms with Crippen molar-refractivity contribution in [2.24, 2.45) is 5.10 Å². The van der Waals surface area contributed by atoms with Crippen LogP contribution in [0.25, 0.3) is 21.9 Å². The molecule has 0 atom stereocenters. The van der Waals surface area contributed by atoms with Crippen molar-refractivity contribution < 1.29 is 18.7 Å². The lowest BCUT2D eigenvalue weighted by atomic mass is 10.1. The van der Waals surface area contributed by atoms with Gasteiger partial charge in [-0.05, 0) is 31.2 Å². The summed E-state index contributed by atoms with van der Waals surface area (Å²) in [4.78, 5) is 28.4. The first kappa shape index (κ1) is 20.1. The predicted molar refractivity (Wildman–Crippen MR) is 118 cm³/mol. The molecule has 0 aliphatic heterocycles. The molecule has 0 saturated carbocycles. The van der Waals surface area contributed by atoms with Gasteiger partial charge in [-0.1, -0.05) is 18.2 Å². The van der Waals surface area contributed by atoms with Crippen molar-refractivity contribution in [3.05, 3.63) is 66.5 Å². The molecule has 0 spiro atoms. The highest BCUT2D eigenvalue weighted by Crippen LogP contribution is 2.36. The van der Waals surface area contributed by atoms with Crippen molar-refractivity contribution in [2.45, 2.75) is 13.3 Å². The summed E-state index contributed by atoms with van der Waals surface area (Å²) in [5, 5.41) is 8.69. The van der Waals surface area contributed by atoms with E-state index in [9.17, 15) is 9.59 Å². The van der Waals surface area contributed by atoms with E-state index in [4.69, 9.17) is 9.15 Å². The zero-order valence-corrected chi connectivity index (χ0v) is 17.0. The van der Waals surface area contributed by atoms with Crippen molar-refractivity contribution in [2.75, 3.05) is 12.4 Å². The smallest absolute Gasteiger partial charge is 0.271 e. The van der Waals surface area contributed by atoms with Crippen molar-refractivity contribution >= 4 is 45.2 Å². The first-order valence-electron chi connectivity index (χ1n) is 9.58. The van der Waals surface area contributed by atoms with Crippen LogP contribution in [0.4, 0.5) is 5.69 Å². The van der Waals surface area contributed by atoms with E-state index in [1.54, 1.807) is 32.2 Å². The van der Waals surface area contributed by atoms with E-state index in [2.05, 4.69) is 20.8 Å². The Bertz CT molecular complexity index is 1300. The van der Waals surface area contributed by atoms with Crippen LogP contribution >= 0.6 is 0 Å². The van der Waals surface area contributed by atoms with Gasteiger partial charge in [0.1, 0.15) is 16.9 Å². The maximum Gasteiger partial charge on any atom is 0.271 e. The minimum Gasteiger partial charge on any atom is -0.495 e. The number of rotatable bonds is 6. The molecule has 4 rings (SSSR count). The Morgan fingerprint density at radius 2 is 1.84 bits per heavy atom. The maximum absolute atomic E-state index is 12.5. The minimum absolute atomic E-state index is 0.00204. The molecule has 8 nitrogen and oxygen atoms in total. The number of hydrogen-bond donors (Lipinski definition) is 2. The summed E-state index contributed by atoms with van der Waals surface area (Å²) < 4.78 is 11.3. The fourth-order valence-electron chi connectivity index (χ4n) is 3.20. The van der Waals surface area contributed by atoms with Crippen LogP contribution < -0.4 is 15.5 Å². The molecule has 2 aromatic heterocycles. The van der Waals surface area contributed by atoms with Gasteiger partial charge in [-0.2, -0.15) is 5.10 Å². The van der Waals surface area contributed by atoms with Crippen molar-refractivity contribution in [1.82, 2.24) is 10.4 Å². The van der Waals surface area contributed by atoms with Gasteiger partial charge in [0.05, 0.1) is 19.2 Å². The van der Waals surface area contributed by atoms with Crippen molar-refractivity contribution in [3.8, 4) is 5.75 Å². The molecule has 2 heterocycles. The Hall–Kier alpha value is -4.20. The summed E-state index contributed by atoms with van der Waals surface area (Å²) in [6.07, 6.45) is 3.04. The van der Waals surface area contributed by atoms with Crippen LogP contribution in [0.2, 0.25) is 0 Å². The average Bonchev–Trinajstić information content (AvgIpc) is 3.14. The first-order valence-corrected chi connectivity index (χ1v) is 9.58. The second-order valence-corrected chi connectivity index (χ2v) is 6.90. The fourth-order valence-corrected chi connectivity index (χ4v) is 3.20. The molecule has 0 unspecified atom stereocenters. The molecule has 2 N–H and O–H groups in total. The number of aromatic nitrogens is 1. The Labute approximate surface area is 177 Å². The molecule has 0 saturated heterocycles. The molecule has 0 fully saturated rings. The maximum atomic E-state index is 12.5. The minimum atomic E-state index is -0.376. The molecule has 0 aliphatic carbocycles. The number of nitrogens with zero attached hydrogens (tertiary/aromatic N) is 2. The highest BCUT2D eigenvalue weighted by Gasteiger charge is 2.14. The summed E-state index contributed by atoms with van der Waals surface area (Å²) >= 11 is 0. The van der Waals surface area contributed by atoms with E-state index < -0.39 is 0 Å². The average molecular weight is 416 g/mol. The number of furan rings is 1. The van der Waals surface area contributed by atoms with Gasteiger partial charge < -0.3 is 14.5 Å². The van der Waals surface area contributed by atoms with Crippen LogP contribution in [0.15, 0.2) is 70.4 Å². The third-order valence-electron chi connectivity index (χ3n) is 4.68. The number of hydrazone groups is 1. The Kier molecular flexibility index (Phi) is 5.61. The Morgan fingerprint density at radius 1 is 1.06 bits per heavy atom. The molecule has 4 aromatic rings. The third kappa shape index (κ3) is 4.37. The largest absolute Gasteiger partial charge is 0.495 e. The highest BCUT2D eigenvalue weighted by atomic mass is 16.5. The van der Waals surface area contributed by atoms with Gasteiger partial charge in [-0.3, -0.25) is 14.6 Å². The van der Waals surface area contributed by atoms with Gasteiger partial charge in [0.15, 0.2) is 0 Å². The van der Waals surface area contributed by atoms with Gasteiger partial charge in [-0.25, -0.2) is 5.43 Å². The van der Waals surface area contributed by atoms with Crippen LogP contribution in [0, 0.1) is 0 Å². The second kappa shape index (κ2) is 8.66. The zero-order chi connectivity index (χ0) is 21.8. The standard InChI is InChI=1S/C23H20N4O4/c1-14(26-27-23(29)15-7-9-24-10-8-15)11-22(28)25-18-13-20-17(12-21(18)30-2)16-5-3-4-6-19(16)31-20/h3-10,12-13H,11H2,1-2H3,(H,25,28)(H,27,29)/b26-14-. The molecule has 31 heavy (non-hydrogen) atoms. The van der Waals surface area contributed by atoms with E-state index in [0.29, 0.717) is 28.3 Å². The van der Waals surface area contributed by atoms with E-state index in [-0.39, 0.29) is 18.2 Å². The van der Waals surface area contributed by atoms with Crippen molar-refractivity contribution in [3.63, 3.8) is 0 Å². The quantitative estimate of drug-likeness (QED) is 0.363. The number of pyridine rings is 1. The zero-order valence-electron chi connectivity index (χ0n) is 17.0. The van der Waals surface area contributed by atoms with Crippen LogP contribution in [0.3, 0.4) is 0 Å². The van der Waals surface area contributed by atoms with Crippen LogP contribution in [0.1, 0.15) is 23.7 Å². The van der Waals surface area contributed by atoms with E-state index in [1.807, 2.05) is 30.3 Å². The lowest BCUT2D eigenvalue weighted by Gasteiger charge is -2.10. The number of benzene rings is 2. The monoisotopic (exact) mass is 416 g/mol. The summed E-state index contributed by atoms with van der Waals surface area (Å²) in [5.41, 5.74) is 5.21. The molecule has 156 valence electrons. The second-order valence-electron chi connectivity index (χ2n) is 6.90. The number of hydrogen-bond acceptors (Lipinski definition) is 6. The summed E-state index contributed by atoms with van der Waals surface area (Å²) in [5.74, 6) is -0.152. The highest BCUT2D eigenvalue weighted by molar-refractivity contribution is 6.10. The lowest BCUT2D eigenvalue weighted by molar-refractivity contribution is -0.115. The summed E-state index contributed by atoms with van der Waals surface area (Å²) in [6.45, 7) is 1.66. The Balaban J connectivity index is 1.47. The number of ether oxygens (including phenoxy) is 1. The summed E-state index contributed by atoms with van der Waals surface area (Å²) in [7, 11) is 1.54. The number of carbonyl (C=O) groups excluding carboxylic acids is 2. The SMILES string of the molecule is COc1cc2c(cc1NC(=O)C/C(C)=N\NC(=O)c1ccncc1)oc1ccccc12. The molecular weight excluding hydrogens is 396 g/mol. The van der Waals surface area contributed by atoms with Gasteiger partial charge >= 0.3 is 0 Å². The summed E-state index contributed by atoms with van der Waals surface area (Å²) in [6, 6.07) is 14.4. The Morgan fingerprint density at radius 3 is 2.61 bits per heavy atom. The van der Waals surface area contributed by atoms with Gasteiger partial charge in [0.2, 0.25) is 5.91 Å². The number of methoxy groups -OCH3 is 1. The predicted octanol–water partition coefficient (Wildman–Crippen LogP) is 4.12. The number of anilines is 1. The van der Waals surface area contributed by atoms with E-state index in [1.165, 1.54) is 12.4 Å². The number of fused-ring (bicyclic) bond motifs is 3. The third-order valence-corrected chi connectivity index (χ3v) is 4.68. The number of amides is 2. The molecular formula is C23H20N4O4. The fraction of sp³-hybridized carbons (Fsp3) is 0.130. The lowest BCUT2D eigenvalue weighted by Crippen LogP contribution is -2.21. The first-order chi connectivity index (χ1) is 15.0. The molecule has 0 aliphatic rings. The molecule has 8 heteroatoms. The van der Waals surface area contributed by atoms with Gasteiger partial charge in [0.25, 0.3) is 5.91 Å². The van der Waals surface area contributed by atoms with Crippen molar-refractivity contribution in [1.29, 1.82) is 0 Å². The normalized spacial score (nSPS) is 11.5. The molecule has 0 bridgehead atoms. The van der Waals surface area contributed by atoms with Crippen LogP contribution in [-0.2, 0) is 4.79 Å². The van der Waals surface area contributed by atoms with Crippen LogP contribution in [-0.4, -0.2) is 29.6 Å². The van der Waals surface area contributed by atoms with Gasteiger partial charge in [0, 0.05) is 40.5 Å². The number of nitrogens with one attached hydrogen (secondary N) is 2. The molecule has 2 amide bonds. The van der Waals surface area contributed by atoms with E-state index >= 15 is 0 Å². The van der Waals surface area contributed by atoms with Gasteiger partial charge in [-0.15, -0.1) is 0 Å². The topological polar surface area (TPSA) is 106 Å². The van der Waals surface area contributed by atoms with Crippen LogP contribution in [0.5, 0.6) is 5.75 Å². The molecule has 2 aromatic carbocycles.